The van der Waals surface area contributed by atoms with Crippen LogP contribution < -0.4 is 20.2 Å². The maximum absolute atomic E-state index is 13.9. The van der Waals surface area contributed by atoms with Crippen LogP contribution in [0.4, 0.5) is 23.2 Å². The smallest absolute Gasteiger partial charge is 0.453 e. The molecule has 10 heteroatoms. The second kappa shape index (κ2) is 9.89. The van der Waals surface area contributed by atoms with Gasteiger partial charge in [0.15, 0.2) is 6.61 Å². The van der Waals surface area contributed by atoms with E-state index < -0.39 is 47.0 Å². The normalized spacial score (nSPS) is 11.5. The summed E-state index contributed by atoms with van der Waals surface area (Å²) in [5.41, 5.74) is -1.09. The van der Waals surface area contributed by atoms with Crippen LogP contribution >= 0.6 is 0 Å². The quantitative estimate of drug-likeness (QED) is 0.245. The molecule has 0 spiro atoms. The van der Waals surface area contributed by atoms with Gasteiger partial charge in [-0.05, 0) is 59.3 Å². The van der Waals surface area contributed by atoms with Crippen LogP contribution in [0.1, 0.15) is 5.76 Å². The molecule has 0 saturated carbocycles. The number of hydrogen-bond acceptors (Lipinski definition) is 5. The minimum atomic E-state index is -5.04. The Labute approximate surface area is 212 Å². The minimum Gasteiger partial charge on any atom is -0.484 e. The molecule has 1 N–H and O–H groups in total. The molecule has 4 aromatic carbocycles. The van der Waals surface area contributed by atoms with E-state index in [4.69, 9.17) is 13.9 Å². The zero-order valence-electron chi connectivity index (χ0n) is 19.3. The molecule has 6 nitrogen and oxygen atoms in total. The molecule has 0 fully saturated rings. The third kappa shape index (κ3) is 5.29. The van der Waals surface area contributed by atoms with Gasteiger partial charge in [0.1, 0.15) is 22.9 Å². The Kier molecular flexibility index (Phi) is 6.46. The van der Waals surface area contributed by atoms with Gasteiger partial charge in [-0.1, -0.05) is 30.3 Å². The van der Waals surface area contributed by atoms with E-state index >= 15 is 0 Å². The summed E-state index contributed by atoms with van der Waals surface area (Å²) in [5.74, 6) is -3.63. The van der Waals surface area contributed by atoms with Crippen LogP contribution in [0.2, 0.25) is 0 Å². The zero-order valence-corrected chi connectivity index (χ0v) is 19.3. The Bertz CT molecular complexity index is 1710. The fourth-order valence-corrected chi connectivity index (χ4v) is 3.75. The summed E-state index contributed by atoms with van der Waals surface area (Å²) in [4.78, 5) is 25.2. The molecule has 0 aliphatic carbocycles. The van der Waals surface area contributed by atoms with Crippen LogP contribution in [-0.2, 0) is 11.0 Å². The average molecular weight is 523 g/mol. The number of amides is 1. The summed E-state index contributed by atoms with van der Waals surface area (Å²) in [7, 11) is 0. The molecule has 38 heavy (non-hydrogen) atoms. The lowest BCUT2D eigenvalue weighted by atomic mass is 10.1. The Hall–Kier alpha value is -4.86. The first-order valence-electron chi connectivity index (χ1n) is 11.2. The number of benzene rings is 4. The van der Waals surface area contributed by atoms with E-state index in [0.717, 1.165) is 23.6 Å². The summed E-state index contributed by atoms with van der Waals surface area (Å²) < 4.78 is 70.5. The maximum Gasteiger partial charge on any atom is 0.453 e. The van der Waals surface area contributed by atoms with Crippen LogP contribution in [0.15, 0.2) is 94.1 Å². The molecule has 0 radical (unpaired) electrons. The van der Waals surface area contributed by atoms with E-state index in [1.807, 2.05) is 12.1 Å². The number of nitrogens with one attached hydrogen (secondary N) is 1. The highest BCUT2D eigenvalue weighted by Crippen LogP contribution is 2.39. The van der Waals surface area contributed by atoms with Crippen LogP contribution in [-0.4, -0.2) is 12.5 Å². The number of halogens is 4. The summed E-state index contributed by atoms with van der Waals surface area (Å²) >= 11 is 0. The third-order valence-electron chi connectivity index (χ3n) is 5.52. The number of fused-ring (bicyclic) bond motifs is 2. The van der Waals surface area contributed by atoms with E-state index in [1.165, 1.54) is 36.4 Å². The third-order valence-corrected chi connectivity index (χ3v) is 5.52. The first-order valence-corrected chi connectivity index (χ1v) is 11.2. The highest BCUT2D eigenvalue weighted by atomic mass is 19.4. The largest absolute Gasteiger partial charge is 0.484 e. The van der Waals surface area contributed by atoms with Gasteiger partial charge in [-0.25, -0.2) is 4.39 Å². The summed E-state index contributed by atoms with van der Waals surface area (Å²) in [5, 5.41) is 3.88. The van der Waals surface area contributed by atoms with Crippen LogP contribution in [0, 0.1) is 5.82 Å². The van der Waals surface area contributed by atoms with Crippen LogP contribution in [0.5, 0.6) is 17.2 Å². The van der Waals surface area contributed by atoms with E-state index in [1.54, 1.807) is 18.2 Å². The molecule has 0 atom stereocenters. The molecule has 1 aromatic heterocycles. The number of ether oxygens (including phenoxy) is 2. The van der Waals surface area contributed by atoms with Crippen molar-refractivity contribution in [1.82, 2.24) is 0 Å². The molecule has 0 bridgehead atoms. The maximum atomic E-state index is 13.9. The van der Waals surface area contributed by atoms with Crippen molar-refractivity contribution in [1.29, 1.82) is 0 Å². The molecule has 1 heterocycles. The molecular weight excluding hydrogens is 506 g/mol. The first kappa shape index (κ1) is 24.8. The van der Waals surface area contributed by atoms with Crippen molar-refractivity contribution in [3.8, 4) is 17.2 Å². The molecule has 0 aliphatic rings. The van der Waals surface area contributed by atoms with Crippen molar-refractivity contribution >= 4 is 33.3 Å². The average Bonchev–Trinajstić information content (AvgIpc) is 2.89. The fraction of sp³-hybridized carbons (Fsp3) is 0.0714. The van der Waals surface area contributed by atoms with Crippen molar-refractivity contribution in [3.05, 3.63) is 107 Å². The Morgan fingerprint density at radius 2 is 1.58 bits per heavy atom. The van der Waals surface area contributed by atoms with Crippen LogP contribution in [0.3, 0.4) is 0 Å². The van der Waals surface area contributed by atoms with Gasteiger partial charge in [-0.3, -0.25) is 9.59 Å². The van der Waals surface area contributed by atoms with Crippen molar-refractivity contribution < 1.29 is 36.2 Å². The molecule has 0 saturated heterocycles. The van der Waals surface area contributed by atoms with E-state index in [-0.39, 0.29) is 16.9 Å². The standard InChI is InChI=1S/C28H17F4NO5/c29-18-6-8-19(9-7-18)33-24(34)15-36-20-11-12-22-23(14-20)38-27(28(30,31)32)26(25(22)35)37-21-10-5-16-3-1-2-4-17(16)13-21/h1-14H,15H2,(H,33,34). The highest BCUT2D eigenvalue weighted by Gasteiger charge is 2.40. The molecule has 192 valence electrons. The monoisotopic (exact) mass is 523 g/mol. The van der Waals surface area contributed by atoms with Gasteiger partial charge < -0.3 is 19.2 Å². The van der Waals surface area contributed by atoms with Gasteiger partial charge in [0, 0.05) is 11.8 Å². The fourth-order valence-electron chi connectivity index (χ4n) is 3.75. The molecule has 0 aliphatic heterocycles. The summed E-state index contributed by atoms with van der Waals surface area (Å²) in [6.45, 7) is -0.498. The van der Waals surface area contributed by atoms with Gasteiger partial charge >= 0.3 is 6.18 Å². The number of carbonyl (C=O) groups excluding carboxylic acids is 1. The lowest BCUT2D eigenvalue weighted by Gasteiger charge is -2.14. The Morgan fingerprint density at radius 1 is 0.868 bits per heavy atom. The second-order valence-electron chi connectivity index (χ2n) is 8.20. The molecule has 5 rings (SSSR count). The topological polar surface area (TPSA) is 77.8 Å². The Balaban J connectivity index is 1.42. The van der Waals surface area contributed by atoms with Gasteiger partial charge in [0.2, 0.25) is 11.2 Å². The van der Waals surface area contributed by atoms with Crippen LogP contribution in [0.25, 0.3) is 21.7 Å². The van der Waals surface area contributed by atoms with Crippen molar-refractivity contribution in [2.75, 3.05) is 11.9 Å². The van der Waals surface area contributed by atoms with Gasteiger partial charge in [0.05, 0.1) is 5.39 Å². The van der Waals surface area contributed by atoms with Crippen molar-refractivity contribution in [2.45, 2.75) is 6.18 Å². The van der Waals surface area contributed by atoms with E-state index in [2.05, 4.69) is 5.32 Å². The zero-order chi connectivity index (χ0) is 26.9. The van der Waals surface area contributed by atoms with Gasteiger partial charge in [0.25, 0.3) is 11.7 Å². The number of alkyl halides is 3. The highest BCUT2D eigenvalue weighted by molar-refractivity contribution is 5.92. The minimum absolute atomic E-state index is 0.00812. The van der Waals surface area contributed by atoms with Crippen molar-refractivity contribution in [3.63, 3.8) is 0 Å². The summed E-state index contributed by atoms with van der Waals surface area (Å²) in [6.07, 6.45) is -5.04. The predicted molar refractivity (Wildman–Crippen MR) is 132 cm³/mol. The number of carbonyl (C=O) groups is 1. The summed E-state index contributed by atoms with van der Waals surface area (Å²) in [6, 6.07) is 20.5. The van der Waals surface area contributed by atoms with Gasteiger partial charge in [-0.2, -0.15) is 13.2 Å². The Morgan fingerprint density at radius 3 is 2.32 bits per heavy atom. The molecule has 5 aromatic rings. The number of anilines is 1. The number of hydrogen-bond donors (Lipinski definition) is 1. The predicted octanol–water partition coefficient (Wildman–Crippen LogP) is 6.91. The first-order chi connectivity index (χ1) is 18.2. The van der Waals surface area contributed by atoms with E-state index in [9.17, 15) is 27.2 Å². The lowest BCUT2D eigenvalue weighted by Crippen LogP contribution is -2.20. The van der Waals surface area contributed by atoms with E-state index in [0.29, 0.717) is 11.1 Å². The molecular formula is C28H17F4NO5. The number of rotatable bonds is 6. The second-order valence-corrected chi connectivity index (χ2v) is 8.20. The molecule has 0 unspecified atom stereocenters. The molecule has 1 amide bonds. The lowest BCUT2D eigenvalue weighted by molar-refractivity contribution is -0.154. The SMILES string of the molecule is O=C(COc1ccc2c(=O)c(Oc3ccc4ccccc4c3)c(C(F)(F)F)oc2c1)Nc1ccc(F)cc1. The van der Waals surface area contributed by atoms with Gasteiger partial charge in [-0.15, -0.1) is 0 Å². The van der Waals surface area contributed by atoms with Crippen molar-refractivity contribution in [2.24, 2.45) is 0 Å².